The van der Waals surface area contributed by atoms with Gasteiger partial charge in [-0.3, -0.25) is 4.79 Å². The summed E-state index contributed by atoms with van der Waals surface area (Å²) < 4.78 is 1.56. The molecule has 0 aliphatic rings. The molecule has 0 fully saturated rings. The molecule has 2 rings (SSSR count). The Labute approximate surface area is 142 Å². The molecular formula is C18H23N3OS. The van der Waals surface area contributed by atoms with Crippen LogP contribution in [0.25, 0.3) is 11.3 Å². The van der Waals surface area contributed by atoms with Crippen LogP contribution in [0, 0.1) is 0 Å². The summed E-state index contributed by atoms with van der Waals surface area (Å²) in [5.41, 5.74) is 1.81. The first-order chi connectivity index (χ1) is 11.1. The molecule has 2 aromatic rings. The minimum atomic E-state index is -0.0477. The Morgan fingerprint density at radius 2 is 1.83 bits per heavy atom. The van der Waals surface area contributed by atoms with Crippen LogP contribution in [0.2, 0.25) is 0 Å². The number of nitrogens with zero attached hydrogens (tertiary/aromatic N) is 3. The number of aromatic nitrogens is 2. The number of thiocarbonyl (C=S) groups is 1. The highest BCUT2D eigenvalue weighted by atomic mass is 32.1. The minimum Gasteiger partial charge on any atom is -0.372 e. The summed E-state index contributed by atoms with van der Waals surface area (Å²) in [6, 6.07) is 13.3. The molecule has 0 spiro atoms. The number of benzene rings is 1. The largest absolute Gasteiger partial charge is 0.372 e. The summed E-state index contributed by atoms with van der Waals surface area (Å²) in [6.07, 6.45) is 3.94. The zero-order valence-electron chi connectivity index (χ0n) is 13.7. The van der Waals surface area contributed by atoms with Crippen molar-refractivity contribution in [1.29, 1.82) is 0 Å². The van der Waals surface area contributed by atoms with Crippen LogP contribution in [0.15, 0.2) is 47.3 Å². The van der Waals surface area contributed by atoms with E-state index < -0.39 is 0 Å². The van der Waals surface area contributed by atoms with Crippen molar-refractivity contribution in [3.8, 4) is 11.3 Å². The Bertz CT molecular complexity index is 695. The van der Waals surface area contributed by atoms with E-state index in [-0.39, 0.29) is 5.56 Å². The Kier molecular flexibility index (Phi) is 6.47. The van der Waals surface area contributed by atoms with Gasteiger partial charge < -0.3 is 4.90 Å². The van der Waals surface area contributed by atoms with Gasteiger partial charge in [0.05, 0.1) is 10.7 Å². The molecule has 1 aromatic carbocycles. The van der Waals surface area contributed by atoms with Gasteiger partial charge in [-0.25, -0.2) is 4.68 Å². The van der Waals surface area contributed by atoms with E-state index in [1.54, 1.807) is 16.8 Å². The smallest absolute Gasteiger partial charge is 0.266 e. The van der Waals surface area contributed by atoms with E-state index in [0.29, 0.717) is 6.54 Å². The lowest BCUT2D eigenvalue weighted by Crippen LogP contribution is -2.22. The molecule has 0 N–H and O–H groups in total. The van der Waals surface area contributed by atoms with Crippen LogP contribution < -0.4 is 5.56 Å². The molecule has 122 valence electrons. The fourth-order valence-corrected chi connectivity index (χ4v) is 2.45. The molecule has 0 bridgehead atoms. The normalized spacial score (nSPS) is 10.5. The lowest BCUT2D eigenvalue weighted by Gasteiger charge is -2.13. The second-order valence-electron chi connectivity index (χ2n) is 5.74. The Balaban J connectivity index is 1.90. The SMILES string of the molecule is CN(C)C(=S)CCCCCn1nc(-c2ccccc2)ccc1=O. The standard InChI is InChI=1S/C18H23N3OS/c1-20(2)18(23)11-7-4-8-14-21-17(22)13-12-16(19-21)15-9-5-3-6-10-15/h3,5-6,9-10,12-13H,4,7-8,11,14H2,1-2H3. The van der Waals surface area contributed by atoms with Gasteiger partial charge in [0.1, 0.15) is 0 Å². The fraction of sp³-hybridized carbons (Fsp3) is 0.389. The number of unbranched alkanes of at least 4 members (excludes halogenated alkanes) is 2. The first kappa shape index (κ1) is 17.3. The number of hydrogen-bond donors (Lipinski definition) is 0. The molecule has 23 heavy (non-hydrogen) atoms. The fourth-order valence-electron chi connectivity index (χ4n) is 2.31. The molecule has 0 radical (unpaired) electrons. The van der Waals surface area contributed by atoms with E-state index in [1.807, 2.05) is 49.3 Å². The summed E-state index contributed by atoms with van der Waals surface area (Å²) >= 11 is 5.27. The van der Waals surface area contributed by atoms with E-state index in [2.05, 4.69) is 5.10 Å². The minimum absolute atomic E-state index is 0.0477. The molecule has 1 aromatic heterocycles. The van der Waals surface area contributed by atoms with Crippen molar-refractivity contribution in [2.24, 2.45) is 0 Å². The average Bonchev–Trinajstić information content (AvgIpc) is 2.56. The highest BCUT2D eigenvalue weighted by Gasteiger charge is 2.03. The average molecular weight is 329 g/mol. The number of aryl methyl sites for hydroxylation is 1. The van der Waals surface area contributed by atoms with Gasteiger partial charge in [0.2, 0.25) is 0 Å². The third-order valence-corrected chi connectivity index (χ3v) is 4.26. The van der Waals surface area contributed by atoms with Crippen LogP contribution in [-0.2, 0) is 6.54 Å². The Morgan fingerprint density at radius 1 is 1.09 bits per heavy atom. The Hall–Kier alpha value is -2.01. The molecule has 0 aliphatic carbocycles. The summed E-state index contributed by atoms with van der Waals surface area (Å²) in [5, 5.41) is 4.47. The van der Waals surface area contributed by atoms with Gasteiger partial charge in [0, 0.05) is 32.3 Å². The first-order valence-corrected chi connectivity index (χ1v) is 8.32. The van der Waals surface area contributed by atoms with Gasteiger partial charge in [-0.05, 0) is 25.3 Å². The van der Waals surface area contributed by atoms with Gasteiger partial charge in [-0.15, -0.1) is 0 Å². The van der Waals surface area contributed by atoms with Crippen molar-refractivity contribution in [3.05, 3.63) is 52.8 Å². The van der Waals surface area contributed by atoms with Gasteiger partial charge in [-0.2, -0.15) is 5.10 Å². The van der Waals surface area contributed by atoms with Crippen molar-refractivity contribution in [3.63, 3.8) is 0 Å². The van der Waals surface area contributed by atoms with E-state index >= 15 is 0 Å². The third kappa shape index (κ3) is 5.28. The van der Waals surface area contributed by atoms with Crippen molar-refractivity contribution >= 4 is 17.2 Å². The molecule has 0 saturated heterocycles. The number of hydrogen-bond acceptors (Lipinski definition) is 3. The van der Waals surface area contributed by atoms with Gasteiger partial charge in [0.25, 0.3) is 5.56 Å². The predicted octanol–water partition coefficient (Wildman–Crippen LogP) is 3.36. The molecule has 0 atom stereocenters. The summed E-state index contributed by atoms with van der Waals surface area (Å²) in [7, 11) is 3.95. The van der Waals surface area contributed by atoms with Crippen LogP contribution >= 0.6 is 12.2 Å². The van der Waals surface area contributed by atoms with Crippen molar-refractivity contribution in [1.82, 2.24) is 14.7 Å². The zero-order chi connectivity index (χ0) is 16.7. The number of rotatable bonds is 7. The van der Waals surface area contributed by atoms with Gasteiger partial charge in [-0.1, -0.05) is 49.0 Å². The molecule has 0 unspecified atom stereocenters. The van der Waals surface area contributed by atoms with Crippen LogP contribution in [0.1, 0.15) is 25.7 Å². The molecule has 4 nitrogen and oxygen atoms in total. The lowest BCUT2D eigenvalue weighted by atomic mass is 10.1. The van der Waals surface area contributed by atoms with Crippen LogP contribution in [0.4, 0.5) is 0 Å². The summed E-state index contributed by atoms with van der Waals surface area (Å²) in [5.74, 6) is 0. The lowest BCUT2D eigenvalue weighted by molar-refractivity contribution is 0.521. The second-order valence-corrected chi connectivity index (χ2v) is 6.22. The molecule has 5 heteroatoms. The molecule has 0 aliphatic heterocycles. The monoisotopic (exact) mass is 329 g/mol. The highest BCUT2D eigenvalue weighted by molar-refractivity contribution is 7.80. The predicted molar refractivity (Wildman–Crippen MR) is 98.7 cm³/mol. The van der Waals surface area contributed by atoms with Crippen molar-refractivity contribution in [2.75, 3.05) is 14.1 Å². The first-order valence-electron chi connectivity index (χ1n) is 7.91. The van der Waals surface area contributed by atoms with Crippen molar-refractivity contribution in [2.45, 2.75) is 32.2 Å². The van der Waals surface area contributed by atoms with E-state index in [4.69, 9.17) is 12.2 Å². The van der Waals surface area contributed by atoms with Gasteiger partial charge >= 0.3 is 0 Å². The maximum atomic E-state index is 11.9. The van der Waals surface area contributed by atoms with E-state index in [1.165, 1.54) is 0 Å². The molecular weight excluding hydrogens is 306 g/mol. The second kappa shape index (κ2) is 8.58. The van der Waals surface area contributed by atoms with Crippen LogP contribution in [0.5, 0.6) is 0 Å². The van der Waals surface area contributed by atoms with E-state index in [9.17, 15) is 4.79 Å². The topological polar surface area (TPSA) is 38.1 Å². The van der Waals surface area contributed by atoms with E-state index in [0.717, 1.165) is 41.9 Å². The summed E-state index contributed by atoms with van der Waals surface area (Å²) in [6.45, 7) is 0.647. The summed E-state index contributed by atoms with van der Waals surface area (Å²) in [4.78, 5) is 14.9. The highest BCUT2D eigenvalue weighted by Crippen LogP contribution is 2.14. The Morgan fingerprint density at radius 3 is 2.52 bits per heavy atom. The van der Waals surface area contributed by atoms with Crippen LogP contribution in [-0.4, -0.2) is 33.8 Å². The third-order valence-electron chi connectivity index (χ3n) is 3.70. The zero-order valence-corrected chi connectivity index (χ0v) is 14.6. The maximum Gasteiger partial charge on any atom is 0.266 e. The molecule has 0 amide bonds. The van der Waals surface area contributed by atoms with Crippen LogP contribution in [0.3, 0.4) is 0 Å². The molecule has 0 saturated carbocycles. The van der Waals surface area contributed by atoms with Gasteiger partial charge in [0.15, 0.2) is 0 Å². The quantitative estimate of drug-likeness (QED) is 0.577. The van der Waals surface area contributed by atoms with Crippen molar-refractivity contribution < 1.29 is 0 Å². The molecule has 1 heterocycles. The maximum absolute atomic E-state index is 11.9.